The average molecular weight is 390 g/mol. The molecular weight excluding hydrogens is 364 g/mol. The minimum Gasteiger partial charge on any atom is -0.465 e. The number of benzene rings is 2. The van der Waals surface area contributed by atoms with Gasteiger partial charge in [-0.2, -0.15) is 4.98 Å². The molecule has 0 spiro atoms. The summed E-state index contributed by atoms with van der Waals surface area (Å²) < 4.78 is 4.78. The van der Waals surface area contributed by atoms with E-state index in [1.54, 1.807) is 18.2 Å². The largest absolute Gasteiger partial charge is 0.465 e. The lowest BCUT2D eigenvalue weighted by Gasteiger charge is -2.17. The van der Waals surface area contributed by atoms with E-state index in [0.717, 1.165) is 16.9 Å². The summed E-state index contributed by atoms with van der Waals surface area (Å²) in [5.41, 5.74) is 5.47. The zero-order chi connectivity index (χ0) is 21.0. The summed E-state index contributed by atoms with van der Waals surface area (Å²) >= 11 is 0. The third-order valence-corrected chi connectivity index (χ3v) is 4.57. The highest BCUT2D eigenvalue weighted by molar-refractivity contribution is 5.90. The lowest BCUT2D eigenvalue weighted by Crippen LogP contribution is -2.06. The first-order chi connectivity index (χ1) is 13.9. The molecule has 0 unspecified atom stereocenters. The number of esters is 1. The summed E-state index contributed by atoms with van der Waals surface area (Å²) in [4.78, 5) is 20.8. The first-order valence-electron chi connectivity index (χ1n) is 9.55. The van der Waals surface area contributed by atoms with Crippen molar-refractivity contribution in [2.75, 3.05) is 17.7 Å². The minimum atomic E-state index is -0.387. The molecule has 150 valence electrons. The number of aromatic nitrogens is 2. The maximum Gasteiger partial charge on any atom is 0.337 e. The highest BCUT2D eigenvalue weighted by atomic mass is 16.5. The Morgan fingerprint density at radius 2 is 1.76 bits per heavy atom. The summed E-state index contributed by atoms with van der Waals surface area (Å²) in [6, 6.07) is 15.2. The molecule has 0 amide bonds. The van der Waals surface area contributed by atoms with Crippen LogP contribution in [0.15, 0.2) is 48.5 Å². The third-order valence-electron chi connectivity index (χ3n) is 4.57. The number of anilines is 4. The van der Waals surface area contributed by atoms with E-state index in [9.17, 15) is 4.79 Å². The second-order valence-corrected chi connectivity index (χ2v) is 7.23. The molecule has 1 heterocycles. The summed E-state index contributed by atoms with van der Waals surface area (Å²) in [5.74, 6) is 1.16. The molecule has 3 rings (SSSR count). The quantitative estimate of drug-likeness (QED) is 0.542. The van der Waals surface area contributed by atoms with Crippen molar-refractivity contribution in [2.24, 2.45) is 0 Å². The fraction of sp³-hybridized carbons (Fsp3) is 0.261. The van der Waals surface area contributed by atoms with Crippen LogP contribution < -0.4 is 10.6 Å². The number of methoxy groups -OCH3 is 1. The molecule has 0 atom stereocenters. The lowest BCUT2D eigenvalue weighted by atomic mass is 9.98. The first kappa shape index (κ1) is 20.3. The smallest absolute Gasteiger partial charge is 0.337 e. The van der Waals surface area contributed by atoms with Crippen LogP contribution in [0.1, 0.15) is 46.9 Å². The molecule has 0 saturated heterocycles. The van der Waals surface area contributed by atoms with Crippen LogP contribution in [0.2, 0.25) is 0 Å². The number of para-hydroxylation sites is 1. The molecule has 6 heteroatoms. The van der Waals surface area contributed by atoms with Crippen molar-refractivity contribution in [1.29, 1.82) is 0 Å². The average Bonchev–Trinajstić information content (AvgIpc) is 2.68. The molecule has 3 aromatic rings. The van der Waals surface area contributed by atoms with E-state index in [1.165, 1.54) is 12.7 Å². The molecule has 0 saturated carbocycles. The van der Waals surface area contributed by atoms with Crippen molar-refractivity contribution in [3.8, 4) is 0 Å². The maximum absolute atomic E-state index is 11.8. The van der Waals surface area contributed by atoms with E-state index in [2.05, 4.69) is 59.6 Å². The molecule has 2 N–H and O–H groups in total. The van der Waals surface area contributed by atoms with Crippen LogP contribution >= 0.6 is 0 Å². The summed E-state index contributed by atoms with van der Waals surface area (Å²) in [5, 5.41) is 6.63. The van der Waals surface area contributed by atoms with Gasteiger partial charge in [-0.15, -0.1) is 0 Å². The van der Waals surface area contributed by atoms with Gasteiger partial charge in [0.15, 0.2) is 0 Å². The lowest BCUT2D eigenvalue weighted by molar-refractivity contribution is 0.0601. The molecule has 0 fully saturated rings. The Morgan fingerprint density at radius 3 is 2.48 bits per heavy atom. The van der Waals surface area contributed by atoms with Crippen molar-refractivity contribution in [2.45, 2.75) is 33.6 Å². The van der Waals surface area contributed by atoms with Gasteiger partial charge in [-0.1, -0.05) is 38.1 Å². The summed E-state index contributed by atoms with van der Waals surface area (Å²) in [6.07, 6.45) is 0. The number of nitrogens with one attached hydrogen (secondary N) is 2. The monoisotopic (exact) mass is 390 g/mol. The molecule has 0 aliphatic heterocycles. The molecule has 0 aliphatic carbocycles. The van der Waals surface area contributed by atoms with E-state index in [0.29, 0.717) is 28.9 Å². The number of nitrogens with zero attached hydrogens (tertiary/aromatic N) is 2. The van der Waals surface area contributed by atoms with E-state index in [1.807, 2.05) is 19.1 Å². The normalized spacial score (nSPS) is 10.7. The Bertz CT molecular complexity index is 1030. The molecule has 29 heavy (non-hydrogen) atoms. The zero-order valence-electron chi connectivity index (χ0n) is 17.4. The molecule has 2 aromatic carbocycles. The van der Waals surface area contributed by atoms with Crippen LogP contribution in [0.3, 0.4) is 0 Å². The molecule has 1 aromatic heterocycles. The highest BCUT2D eigenvalue weighted by Crippen LogP contribution is 2.30. The van der Waals surface area contributed by atoms with Crippen molar-refractivity contribution in [3.05, 3.63) is 70.9 Å². The molecule has 0 aliphatic rings. The number of rotatable bonds is 6. The molecular formula is C23H26N4O2. The van der Waals surface area contributed by atoms with Gasteiger partial charge in [0, 0.05) is 23.1 Å². The maximum atomic E-state index is 11.8. The number of aryl methyl sites for hydroxylation is 2. The third kappa shape index (κ3) is 4.90. The van der Waals surface area contributed by atoms with Gasteiger partial charge in [-0.25, -0.2) is 9.78 Å². The van der Waals surface area contributed by atoms with Gasteiger partial charge in [-0.3, -0.25) is 0 Å². The predicted molar refractivity (Wildman–Crippen MR) is 116 cm³/mol. The van der Waals surface area contributed by atoms with Crippen LogP contribution in [-0.2, 0) is 4.74 Å². The number of hydrogen-bond donors (Lipinski definition) is 2. The summed E-state index contributed by atoms with van der Waals surface area (Å²) in [7, 11) is 1.36. The Kier molecular flexibility index (Phi) is 6.12. The topological polar surface area (TPSA) is 76.1 Å². The number of carbonyl (C=O) groups is 1. The molecule has 0 radical (unpaired) electrons. The van der Waals surface area contributed by atoms with Gasteiger partial charge < -0.3 is 15.4 Å². The predicted octanol–water partition coefficient (Wildman–Crippen LogP) is 5.49. The van der Waals surface area contributed by atoms with Gasteiger partial charge in [-0.05, 0) is 49.1 Å². The second kappa shape index (κ2) is 8.73. The Hall–Kier alpha value is -3.41. The van der Waals surface area contributed by atoms with Crippen molar-refractivity contribution in [1.82, 2.24) is 9.97 Å². The van der Waals surface area contributed by atoms with Gasteiger partial charge in [0.2, 0.25) is 5.95 Å². The Balaban J connectivity index is 1.89. The number of hydrogen-bond acceptors (Lipinski definition) is 6. The van der Waals surface area contributed by atoms with Crippen molar-refractivity contribution in [3.63, 3.8) is 0 Å². The van der Waals surface area contributed by atoms with Gasteiger partial charge in [0.25, 0.3) is 0 Å². The van der Waals surface area contributed by atoms with Crippen molar-refractivity contribution < 1.29 is 9.53 Å². The zero-order valence-corrected chi connectivity index (χ0v) is 17.4. The number of ether oxygens (including phenoxy) is 1. The van der Waals surface area contributed by atoms with Crippen LogP contribution in [0.4, 0.5) is 23.1 Å². The molecule has 6 nitrogen and oxygen atoms in total. The summed E-state index contributed by atoms with van der Waals surface area (Å²) in [6.45, 7) is 8.35. The highest BCUT2D eigenvalue weighted by Gasteiger charge is 2.12. The van der Waals surface area contributed by atoms with Crippen LogP contribution in [0.25, 0.3) is 0 Å². The van der Waals surface area contributed by atoms with E-state index in [-0.39, 0.29) is 5.97 Å². The fourth-order valence-electron chi connectivity index (χ4n) is 3.13. The van der Waals surface area contributed by atoms with Gasteiger partial charge in [0.05, 0.1) is 12.7 Å². The van der Waals surface area contributed by atoms with E-state index in [4.69, 9.17) is 4.74 Å². The standard InChI is InChI=1S/C23H26N4O2/c1-14(2)19-11-6-8-15(3)21(19)26-20-12-16(4)24-23(27-20)25-18-10-7-9-17(13-18)22(28)29-5/h6-14H,1-5H3,(H2,24,25,26,27). The Morgan fingerprint density at radius 1 is 1.00 bits per heavy atom. The van der Waals surface area contributed by atoms with E-state index >= 15 is 0 Å². The SMILES string of the molecule is COC(=O)c1cccc(Nc2nc(C)cc(Nc3c(C)cccc3C(C)C)n2)c1. The van der Waals surface area contributed by atoms with Gasteiger partial charge in [0.1, 0.15) is 5.82 Å². The Labute approximate surface area is 171 Å². The van der Waals surface area contributed by atoms with Crippen LogP contribution in [0, 0.1) is 13.8 Å². The van der Waals surface area contributed by atoms with Gasteiger partial charge >= 0.3 is 5.97 Å². The molecule has 0 bridgehead atoms. The number of carbonyl (C=O) groups excluding carboxylic acids is 1. The second-order valence-electron chi connectivity index (χ2n) is 7.23. The van der Waals surface area contributed by atoms with Crippen LogP contribution in [0.5, 0.6) is 0 Å². The first-order valence-corrected chi connectivity index (χ1v) is 9.55. The fourth-order valence-corrected chi connectivity index (χ4v) is 3.13. The van der Waals surface area contributed by atoms with E-state index < -0.39 is 0 Å². The van der Waals surface area contributed by atoms with Crippen molar-refractivity contribution >= 4 is 29.1 Å². The minimum absolute atomic E-state index is 0.387. The van der Waals surface area contributed by atoms with Crippen LogP contribution in [-0.4, -0.2) is 23.0 Å².